The minimum absolute atomic E-state index is 0.101. The highest BCUT2D eigenvalue weighted by Crippen LogP contribution is 2.30. The van der Waals surface area contributed by atoms with E-state index < -0.39 is 5.82 Å². The number of para-hydroxylation sites is 1. The van der Waals surface area contributed by atoms with Gasteiger partial charge >= 0.3 is 0 Å². The molecule has 1 heterocycles. The van der Waals surface area contributed by atoms with Crippen molar-refractivity contribution in [2.75, 3.05) is 41.4 Å². The van der Waals surface area contributed by atoms with Gasteiger partial charge in [0.1, 0.15) is 0 Å². The molecule has 1 N–H and O–H groups in total. The standard InChI is InChI=1S/C19H20ClFN2O2S/c20-15-13-14(5-6-17(15)23-8-11-26-12-9-23)22-19(24)7-10-25-18-4-2-1-3-16(18)21/h1-6,13H,7-12H2,(H,22,24). The molecule has 0 bridgehead atoms. The Balaban J connectivity index is 1.51. The maximum atomic E-state index is 13.5. The largest absolute Gasteiger partial charge is 0.490 e. The number of hydrogen-bond donors (Lipinski definition) is 1. The van der Waals surface area contributed by atoms with Crippen LogP contribution >= 0.6 is 23.4 Å². The van der Waals surface area contributed by atoms with E-state index in [1.54, 1.807) is 18.2 Å². The molecule has 1 saturated heterocycles. The minimum atomic E-state index is -0.439. The maximum Gasteiger partial charge on any atom is 0.227 e. The van der Waals surface area contributed by atoms with Crippen molar-refractivity contribution in [3.8, 4) is 5.75 Å². The summed E-state index contributed by atoms with van der Waals surface area (Å²) in [6.45, 7) is 2.05. The number of benzene rings is 2. The Kier molecular flexibility index (Phi) is 6.63. The van der Waals surface area contributed by atoms with Gasteiger partial charge in [-0.1, -0.05) is 23.7 Å². The van der Waals surface area contributed by atoms with Gasteiger partial charge in [-0.15, -0.1) is 0 Å². The molecule has 138 valence electrons. The third kappa shape index (κ3) is 5.05. The fourth-order valence-corrected chi connectivity index (χ4v) is 3.89. The summed E-state index contributed by atoms with van der Waals surface area (Å²) in [5, 5.41) is 3.42. The predicted octanol–water partition coefficient (Wildman–Crippen LogP) is 4.44. The first kappa shape index (κ1) is 18.9. The number of hydrogen-bond acceptors (Lipinski definition) is 4. The molecule has 0 atom stereocenters. The molecule has 0 spiro atoms. The van der Waals surface area contributed by atoms with Crippen molar-refractivity contribution in [2.45, 2.75) is 6.42 Å². The summed E-state index contributed by atoms with van der Waals surface area (Å²) in [5.74, 6) is 1.69. The summed E-state index contributed by atoms with van der Waals surface area (Å²) in [5.41, 5.74) is 1.63. The van der Waals surface area contributed by atoms with E-state index in [0.717, 1.165) is 30.3 Å². The number of nitrogens with one attached hydrogen (secondary N) is 1. The number of rotatable bonds is 6. The zero-order chi connectivity index (χ0) is 18.4. The highest BCUT2D eigenvalue weighted by atomic mass is 35.5. The fraction of sp³-hybridized carbons (Fsp3) is 0.316. The molecule has 7 heteroatoms. The summed E-state index contributed by atoms with van der Waals surface area (Å²) >= 11 is 8.32. The van der Waals surface area contributed by atoms with Gasteiger partial charge in [0.15, 0.2) is 11.6 Å². The van der Waals surface area contributed by atoms with Crippen LogP contribution in [0.4, 0.5) is 15.8 Å². The molecule has 1 amide bonds. The highest BCUT2D eigenvalue weighted by molar-refractivity contribution is 7.99. The topological polar surface area (TPSA) is 41.6 Å². The smallest absolute Gasteiger partial charge is 0.227 e. The molecule has 0 aliphatic carbocycles. The van der Waals surface area contributed by atoms with Crippen LogP contribution in [0.25, 0.3) is 0 Å². The van der Waals surface area contributed by atoms with Crippen molar-refractivity contribution >= 4 is 40.6 Å². The van der Waals surface area contributed by atoms with Gasteiger partial charge < -0.3 is 15.0 Å². The van der Waals surface area contributed by atoms with Gasteiger partial charge in [0, 0.05) is 30.3 Å². The molecular formula is C19H20ClFN2O2S. The van der Waals surface area contributed by atoms with E-state index >= 15 is 0 Å². The fourth-order valence-electron chi connectivity index (χ4n) is 2.68. The molecule has 0 unspecified atom stereocenters. The molecule has 0 aromatic heterocycles. The van der Waals surface area contributed by atoms with Crippen molar-refractivity contribution in [1.29, 1.82) is 0 Å². The van der Waals surface area contributed by atoms with Crippen molar-refractivity contribution in [3.05, 3.63) is 53.3 Å². The molecule has 2 aromatic rings. The molecule has 0 radical (unpaired) electrons. The molecule has 0 saturated carbocycles. The van der Waals surface area contributed by atoms with Crippen LogP contribution in [0.15, 0.2) is 42.5 Å². The molecule has 3 rings (SSSR count). The number of halogens is 2. The highest BCUT2D eigenvalue weighted by Gasteiger charge is 2.15. The SMILES string of the molecule is O=C(CCOc1ccccc1F)Nc1ccc(N2CCSCC2)c(Cl)c1. The Labute approximate surface area is 161 Å². The monoisotopic (exact) mass is 394 g/mol. The predicted molar refractivity (Wildman–Crippen MR) is 106 cm³/mol. The number of thioether (sulfide) groups is 1. The van der Waals surface area contributed by atoms with Crippen LogP contribution in [0.2, 0.25) is 5.02 Å². The molecule has 2 aromatic carbocycles. The number of carbonyl (C=O) groups is 1. The number of carbonyl (C=O) groups excluding carboxylic acids is 1. The second kappa shape index (κ2) is 9.14. The lowest BCUT2D eigenvalue weighted by Crippen LogP contribution is -2.32. The third-order valence-electron chi connectivity index (χ3n) is 4.01. The third-order valence-corrected chi connectivity index (χ3v) is 5.25. The molecule has 1 aliphatic rings. The van der Waals surface area contributed by atoms with Crippen LogP contribution in [0, 0.1) is 5.82 Å². The Morgan fingerprint density at radius 1 is 1.23 bits per heavy atom. The number of anilines is 2. The Morgan fingerprint density at radius 3 is 2.73 bits per heavy atom. The van der Waals surface area contributed by atoms with Gasteiger partial charge in [-0.3, -0.25) is 4.79 Å². The van der Waals surface area contributed by atoms with Gasteiger partial charge in [0.05, 0.1) is 23.7 Å². The number of nitrogens with zero attached hydrogens (tertiary/aromatic N) is 1. The van der Waals surface area contributed by atoms with E-state index in [0.29, 0.717) is 10.7 Å². The quantitative estimate of drug-likeness (QED) is 0.786. The summed E-state index contributed by atoms with van der Waals surface area (Å²) in [6, 6.07) is 11.7. The van der Waals surface area contributed by atoms with E-state index in [2.05, 4.69) is 10.2 Å². The van der Waals surface area contributed by atoms with Crippen LogP contribution in [0.5, 0.6) is 5.75 Å². The van der Waals surface area contributed by atoms with Gasteiger partial charge in [-0.05, 0) is 30.3 Å². The summed E-state index contributed by atoms with van der Waals surface area (Å²) in [7, 11) is 0. The lowest BCUT2D eigenvalue weighted by Gasteiger charge is -2.29. The minimum Gasteiger partial charge on any atom is -0.490 e. The second-order valence-corrected chi connectivity index (χ2v) is 7.47. The Bertz CT molecular complexity index is 769. The van der Waals surface area contributed by atoms with Crippen LogP contribution in [-0.2, 0) is 4.79 Å². The van der Waals surface area contributed by atoms with Crippen molar-refractivity contribution in [2.24, 2.45) is 0 Å². The second-order valence-electron chi connectivity index (χ2n) is 5.84. The lowest BCUT2D eigenvalue weighted by atomic mass is 10.2. The van der Waals surface area contributed by atoms with Crippen molar-refractivity contribution in [3.63, 3.8) is 0 Å². The van der Waals surface area contributed by atoms with E-state index in [4.69, 9.17) is 16.3 Å². The van der Waals surface area contributed by atoms with Crippen LogP contribution in [-0.4, -0.2) is 37.1 Å². The van der Waals surface area contributed by atoms with E-state index in [1.165, 1.54) is 12.1 Å². The number of amides is 1. The van der Waals surface area contributed by atoms with Crippen LogP contribution in [0.3, 0.4) is 0 Å². The van der Waals surface area contributed by atoms with Crippen molar-refractivity contribution in [1.82, 2.24) is 0 Å². The molecule has 1 fully saturated rings. The lowest BCUT2D eigenvalue weighted by molar-refractivity contribution is -0.116. The van der Waals surface area contributed by atoms with Crippen LogP contribution in [0.1, 0.15) is 6.42 Å². The van der Waals surface area contributed by atoms with Crippen molar-refractivity contribution < 1.29 is 13.9 Å². The van der Waals surface area contributed by atoms with E-state index in [1.807, 2.05) is 23.9 Å². The average molecular weight is 395 g/mol. The first-order valence-electron chi connectivity index (χ1n) is 8.43. The summed E-state index contributed by atoms with van der Waals surface area (Å²) < 4.78 is 18.7. The van der Waals surface area contributed by atoms with Gasteiger partial charge in [-0.2, -0.15) is 11.8 Å². The summed E-state index contributed by atoms with van der Waals surface area (Å²) in [4.78, 5) is 14.3. The zero-order valence-corrected chi connectivity index (χ0v) is 15.8. The molecule has 4 nitrogen and oxygen atoms in total. The normalized spacial score (nSPS) is 14.2. The molecule has 26 heavy (non-hydrogen) atoms. The van der Waals surface area contributed by atoms with Gasteiger partial charge in [0.25, 0.3) is 0 Å². The average Bonchev–Trinajstić information content (AvgIpc) is 2.64. The Hall–Kier alpha value is -1.92. The first-order chi connectivity index (χ1) is 12.6. The van der Waals surface area contributed by atoms with E-state index in [-0.39, 0.29) is 24.7 Å². The molecular weight excluding hydrogens is 375 g/mol. The Morgan fingerprint density at radius 2 is 2.00 bits per heavy atom. The zero-order valence-electron chi connectivity index (χ0n) is 14.2. The summed E-state index contributed by atoms with van der Waals surface area (Å²) in [6.07, 6.45) is 0.122. The van der Waals surface area contributed by atoms with Gasteiger partial charge in [-0.25, -0.2) is 4.39 Å². The van der Waals surface area contributed by atoms with E-state index in [9.17, 15) is 9.18 Å². The molecule has 1 aliphatic heterocycles. The van der Waals surface area contributed by atoms with Gasteiger partial charge in [0.2, 0.25) is 5.91 Å². The first-order valence-corrected chi connectivity index (χ1v) is 9.96. The van der Waals surface area contributed by atoms with Crippen LogP contribution < -0.4 is 15.0 Å². The number of ether oxygens (including phenoxy) is 1. The maximum absolute atomic E-state index is 13.5.